The Bertz CT molecular complexity index is 699. The number of hydrogen-bond acceptors (Lipinski definition) is 3. The predicted octanol–water partition coefficient (Wildman–Crippen LogP) is 3.35. The van der Waals surface area contributed by atoms with Crippen LogP contribution in [0.1, 0.15) is 37.8 Å². The van der Waals surface area contributed by atoms with Crippen molar-refractivity contribution in [3.63, 3.8) is 0 Å². The van der Waals surface area contributed by atoms with Crippen LogP contribution in [0, 0.1) is 5.82 Å². The Morgan fingerprint density at radius 2 is 2.20 bits per heavy atom. The number of likely N-dealkylation sites (tertiary alicyclic amines) is 1. The molecule has 2 heterocycles. The molecule has 5 nitrogen and oxygen atoms in total. The van der Waals surface area contributed by atoms with Crippen LogP contribution in [-0.4, -0.2) is 47.3 Å². The largest absolute Gasteiger partial charge is 0.381 e. The fraction of sp³-hybridized carbons (Fsp3) is 0.474. The van der Waals surface area contributed by atoms with Crippen molar-refractivity contribution in [2.24, 2.45) is 0 Å². The fourth-order valence-corrected chi connectivity index (χ4v) is 3.37. The third-order valence-corrected chi connectivity index (χ3v) is 4.67. The van der Waals surface area contributed by atoms with Gasteiger partial charge in [-0.2, -0.15) is 5.10 Å². The molecule has 3 rings (SSSR count). The van der Waals surface area contributed by atoms with Gasteiger partial charge in [-0.15, -0.1) is 0 Å². The number of rotatable bonds is 6. The number of amides is 1. The molecule has 0 radical (unpaired) electrons. The number of benzene rings is 1. The zero-order valence-electron chi connectivity index (χ0n) is 14.5. The van der Waals surface area contributed by atoms with E-state index in [9.17, 15) is 9.18 Å². The molecule has 1 saturated heterocycles. The maximum Gasteiger partial charge on any atom is 0.224 e. The van der Waals surface area contributed by atoms with E-state index in [1.807, 2.05) is 11.8 Å². The van der Waals surface area contributed by atoms with E-state index < -0.39 is 0 Å². The van der Waals surface area contributed by atoms with Crippen molar-refractivity contribution in [2.75, 3.05) is 26.3 Å². The number of carbonyl (C=O) groups excluding carboxylic acids is 1. The molecule has 1 aromatic heterocycles. The summed E-state index contributed by atoms with van der Waals surface area (Å²) in [5, 5.41) is 7.28. The highest BCUT2D eigenvalue weighted by Gasteiger charge is 2.27. The molecule has 2 aromatic rings. The first-order chi connectivity index (χ1) is 12.2. The molecule has 134 valence electrons. The van der Waals surface area contributed by atoms with E-state index in [0.29, 0.717) is 26.2 Å². The van der Waals surface area contributed by atoms with Gasteiger partial charge >= 0.3 is 0 Å². The lowest BCUT2D eigenvalue weighted by Crippen LogP contribution is -2.39. The lowest BCUT2D eigenvalue weighted by Gasteiger charge is -2.33. The van der Waals surface area contributed by atoms with Gasteiger partial charge in [-0.05, 0) is 37.5 Å². The van der Waals surface area contributed by atoms with Crippen LogP contribution in [0.15, 0.2) is 30.5 Å². The molecule has 25 heavy (non-hydrogen) atoms. The minimum atomic E-state index is -0.252. The zero-order valence-corrected chi connectivity index (χ0v) is 14.5. The van der Waals surface area contributed by atoms with Crippen molar-refractivity contribution in [1.29, 1.82) is 0 Å². The topological polar surface area (TPSA) is 58.2 Å². The average Bonchev–Trinajstić information content (AvgIpc) is 3.12. The molecule has 1 N–H and O–H groups in total. The van der Waals surface area contributed by atoms with Gasteiger partial charge in [-0.1, -0.05) is 12.1 Å². The van der Waals surface area contributed by atoms with Gasteiger partial charge in [0.2, 0.25) is 5.91 Å². The van der Waals surface area contributed by atoms with Gasteiger partial charge in [0.05, 0.1) is 19.2 Å². The summed E-state index contributed by atoms with van der Waals surface area (Å²) in [5.74, 6) is 0.103. The first kappa shape index (κ1) is 17.6. The summed E-state index contributed by atoms with van der Waals surface area (Å²) in [5.41, 5.74) is 2.94. The third-order valence-electron chi connectivity index (χ3n) is 4.67. The molecular weight excluding hydrogens is 321 g/mol. The maximum absolute atomic E-state index is 13.2. The number of hydrogen-bond donors (Lipinski definition) is 1. The molecule has 1 aromatic carbocycles. The van der Waals surface area contributed by atoms with Crippen LogP contribution >= 0.6 is 0 Å². The summed E-state index contributed by atoms with van der Waals surface area (Å²) in [6.07, 6.45) is 4.17. The van der Waals surface area contributed by atoms with Crippen molar-refractivity contribution >= 4 is 5.91 Å². The summed E-state index contributed by atoms with van der Waals surface area (Å²) in [6, 6.07) is 6.43. The van der Waals surface area contributed by atoms with Crippen LogP contribution in [0.4, 0.5) is 4.39 Å². The predicted molar refractivity (Wildman–Crippen MR) is 93.6 cm³/mol. The zero-order chi connectivity index (χ0) is 17.6. The van der Waals surface area contributed by atoms with E-state index in [1.165, 1.54) is 12.1 Å². The van der Waals surface area contributed by atoms with Crippen molar-refractivity contribution < 1.29 is 13.9 Å². The number of nitrogens with one attached hydrogen (secondary N) is 1. The Morgan fingerprint density at radius 3 is 2.96 bits per heavy atom. The van der Waals surface area contributed by atoms with Crippen LogP contribution in [0.2, 0.25) is 0 Å². The van der Waals surface area contributed by atoms with Gasteiger partial charge < -0.3 is 9.64 Å². The Hall–Kier alpha value is -2.21. The molecule has 6 heteroatoms. The van der Waals surface area contributed by atoms with Crippen LogP contribution in [-0.2, 0) is 9.53 Å². The Balaban J connectivity index is 1.71. The first-order valence-corrected chi connectivity index (χ1v) is 8.83. The van der Waals surface area contributed by atoms with Gasteiger partial charge in [0.25, 0.3) is 0 Å². The van der Waals surface area contributed by atoms with Gasteiger partial charge in [0.1, 0.15) is 5.82 Å². The second kappa shape index (κ2) is 8.25. The Labute approximate surface area is 147 Å². The Morgan fingerprint density at radius 1 is 1.40 bits per heavy atom. The van der Waals surface area contributed by atoms with Crippen molar-refractivity contribution in [3.8, 4) is 11.1 Å². The summed E-state index contributed by atoms with van der Waals surface area (Å²) < 4.78 is 18.5. The molecule has 1 amide bonds. The minimum absolute atomic E-state index is 0.140. The fourth-order valence-electron chi connectivity index (χ4n) is 3.37. The van der Waals surface area contributed by atoms with E-state index in [0.717, 1.165) is 36.2 Å². The van der Waals surface area contributed by atoms with Gasteiger partial charge in [-0.25, -0.2) is 4.39 Å². The molecule has 1 atom stereocenters. The molecule has 0 saturated carbocycles. The highest BCUT2D eigenvalue weighted by molar-refractivity contribution is 5.76. The first-order valence-electron chi connectivity index (χ1n) is 8.83. The Kier molecular flexibility index (Phi) is 5.81. The summed E-state index contributed by atoms with van der Waals surface area (Å²) in [6.45, 7) is 4.51. The van der Waals surface area contributed by atoms with Crippen LogP contribution < -0.4 is 0 Å². The van der Waals surface area contributed by atoms with Crippen LogP contribution in [0.3, 0.4) is 0 Å². The van der Waals surface area contributed by atoms with E-state index in [-0.39, 0.29) is 17.6 Å². The number of halogens is 1. The van der Waals surface area contributed by atoms with Crippen LogP contribution in [0.25, 0.3) is 11.1 Å². The molecule has 0 aliphatic carbocycles. The van der Waals surface area contributed by atoms with Crippen molar-refractivity contribution in [1.82, 2.24) is 15.1 Å². The van der Waals surface area contributed by atoms with Crippen LogP contribution in [0.5, 0.6) is 0 Å². The molecule has 1 aliphatic heterocycles. The SMILES string of the molecule is CCOCCC(=O)N1CCCC(c2[nH]ncc2-c2ccc(F)cc2)C1. The quantitative estimate of drug-likeness (QED) is 0.817. The number of carbonyl (C=O) groups is 1. The average molecular weight is 345 g/mol. The molecule has 1 fully saturated rings. The maximum atomic E-state index is 13.2. The third kappa shape index (κ3) is 4.25. The van der Waals surface area contributed by atoms with Crippen molar-refractivity contribution in [3.05, 3.63) is 42.0 Å². The number of aromatic amines is 1. The standard InChI is InChI=1S/C19H24FN3O2/c1-2-25-11-9-18(24)23-10-3-4-15(13-23)19-17(12-21-22-19)14-5-7-16(20)8-6-14/h5-8,12,15H,2-4,9-11,13H2,1H3,(H,21,22). The highest BCUT2D eigenvalue weighted by atomic mass is 19.1. The molecule has 0 bridgehead atoms. The summed E-state index contributed by atoms with van der Waals surface area (Å²) in [4.78, 5) is 14.3. The lowest BCUT2D eigenvalue weighted by molar-refractivity contribution is -0.133. The highest BCUT2D eigenvalue weighted by Crippen LogP contribution is 2.33. The number of aromatic nitrogens is 2. The smallest absolute Gasteiger partial charge is 0.224 e. The lowest BCUT2D eigenvalue weighted by atomic mass is 9.90. The normalized spacial score (nSPS) is 17.7. The molecule has 1 unspecified atom stereocenters. The van der Waals surface area contributed by atoms with E-state index in [1.54, 1.807) is 18.3 Å². The van der Waals surface area contributed by atoms with Gasteiger partial charge in [0, 0.05) is 36.9 Å². The molecule has 1 aliphatic rings. The second-order valence-corrected chi connectivity index (χ2v) is 6.33. The number of ether oxygens (including phenoxy) is 1. The van der Waals surface area contributed by atoms with Crippen molar-refractivity contribution in [2.45, 2.75) is 32.1 Å². The monoisotopic (exact) mass is 345 g/mol. The molecular formula is C19H24FN3O2. The second-order valence-electron chi connectivity index (χ2n) is 6.33. The minimum Gasteiger partial charge on any atom is -0.381 e. The van der Waals surface area contributed by atoms with E-state index >= 15 is 0 Å². The van der Waals surface area contributed by atoms with E-state index in [4.69, 9.17) is 4.74 Å². The van der Waals surface area contributed by atoms with Gasteiger partial charge in [0.15, 0.2) is 0 Å². The molecule has 0 spiro atoms. The summed E-state index contributed by atoms with van der Waals surface area (Å²) >= 11 is 0. The van der Waals surface area contributed by atoms with E-state index in [2.05, 4.69) is 10.2 Å². The number of nitrogens with zero attached hydrogens (tertiary/aromatic N) is 2. The summed E-state index contributed by atoms with van der Waals surface area (Å²) in [7, 11) is 0. The number of H-pyrrole nitrogens is 1. The van der Waals surface area contributed by atoms with Gasteiger partial charge in [-0.3, -0.25) is 9.89 Å². The number of piperidine rings is 1.